The van der Waals surface area contributed by atoms with E-state index in [1.54, 1.807) is 26.5 Å². The number of ether oxygens (including phenoxy) is 2. The highest BCUT2D eigenvalue weighted by molar-refractivity contribution is 5.59. The fourth-order valence-electron chi connectivity index (χ4n) is 1.66. The Morgan fingerprint density at radius 3 is 2.79 bits per heavy atom. The molecule has 6 heteroatoms. The molecular formula is C13H17N3O3. The zero-order valence-electron chi connectivity index (χ0n) is 11.5. The minimum atomic E-state index is -0.558. The Bertz CT molecular complexity index is 550. The first-order chi connectivity index (χ1) is 9.14. The van der Waals surface area contributed by atoms with Crippen molar-refractivity contribution in [1.29, 1.82) is 0 Å². The molecule has 2 aromatic heterocycles. The molecule has 0 saturated carbocycles. The molecule has 102 valence electrons. The lowest BCUT2D eigenvalue weighted by molar-refractivity contribution is -0.0106. The second-order valence-electron chi connectivity index (χ2n) is 4.27. The first-order valence-electron chi connectivity index (χ1n) is 6.03. The molecule has 0 fully saturated rings. The molecule has 0 aliphatic heterocycles. The lowest BCUT2D eigenvalue weighted by Gasteiger charge is -2.21. The predicted molar refractivity (Wildman–Crippen MR) is 68.7 cm³/mol. The van der Waals surface area contributed by atoms with Crippen molar-refractivity contribution in [3.8, 4) is 17.3 Å². The summed E-state index contributed by atoms with van der Waals surface area (Å²) in [7, 11) is 3.18. The summed E-state index contributed by atoms with van der Waals surface area (Å²) in [6, 6.07) is 3.61. The Morgan fingerprint density at radius 1 is 1.37 bits per heavy atom. The van der Waals surface area contributed by atoms with Gasteiger partial charge >= 0.3 is 0 Å². The molecule has 6 nitrogen and oxygen atoms in total. The van der Waals surface area contributed by atoms with E-state index in [0.29, 0.717) is 23.2 Å². The molecule has 2 rings (SSSR count). The van der Waals surface area contributed by atoms with Crippen LogP contribution in [-0.4, -0.2) is 29.3 Å². The van der Waals surface area contributed by atoms with Gasteiger partial charge in [-0.25, -0.2) is 4.98 Å². The standard InChI is InChI=1S/C13H17N3O3/c1-5-13(2,18-4)12-15-11(19-16-12)9-7-6-8-14-10(9)17-3/h6-8H,5H2,1-4H3. The van der Waals surface area contributed by atoms with Crippen LogP contribution < -0.4 is 4.74 Å². The maximum absolute atomic E-state index is 5.45. The fraction of sp³-hybridized carbons (Fsp3) is 0.462. The molecule has 2 aromatic rings. The number of nitrogens with zero attached hydrogens (tertiary/aromatic N) is 3. The van der Waals surface area contributed by atoms with Crippen LogP contribution in [0.3, 0.4) is 0 Å². The third kappa shape index (κ3) is 2.44. The van der Waals surface area contributed by atoms with E-state index >= 15 is 0 Å². The van der Waals surface area contributed by atoms with Crippen LogP contribution in [0.25, 0.3) is 11.5 Å². The van der Waals surface area contributed by atoms with Crippen molar-refractivity contribution in [2.24, 2.45) is 0 Å². The molecule has 0 amide bonds. The lowest BCUT2D eigenvalue weighted by atomic mass is 10.0. The Labute approximate surface area is 111 Å². The van der Waals surface area contributed by atoms with E-state index in [0.717, 1.165) is 6.42 Å². The maximum atomic E-state index is 5.45. The second kappa shape index (κ2) is 5.36. The number of rotatable bonds is 5. The van der Waals surface area contributed by atoms with Crippen LogP contribution in [0.2, 0.25) is 0 Å². The quantitative estimate of drug-likeness (QED) is 0.825. The highest BCUT2D eigenvalue weighted by Gasteiger charge is 2.30. The topological polar surface area (TPSA) is 70.3 Å². The van der Waals surface area contributed by atoms with E-state index < -0.39 is 5.60 Å². The van der Waals surface area contributed by atoms with Gasteiger partial charge in [-0.1, -0.05) is 12.1 Å². The third-order valence-corrected chi connectivity index (χ3v) is 3.22. The smallest absolute Gasteiger partial charge is 0.263 e. The Kier molecular flexibility index (Phi) is 3.80. The van der Waals surface area contributed by atoms with E-state index in [1.807, 2.05) is 19.9 Å². The summed E-state index contributed by atoms with van der Waals surface area (Å²) in [6.45, 7) is 3.92. The van der Waals surface area contributed by atoms with Crippen LogP contribution in [-0.2, 0) is 10.3 Å². The molecule has 1 atom stereocenters. The van der Waals surface area contributed by atoms with E-state index in [4.69, 9.17) is 14.0 Å². The SMILES string of the molecule is CCC(C)(OC)c1noc(-c2cccnc2OC)n1. The summed E-state index contributed by atoms with van der Waals surface area (Å²) in [5, 5.41) is 3.99. The normalized spacial score (nSPS) is 14.1. The van der Waals surface area contributed by atoms with Crippen LogP contribution in [0.5, 0.6) is 5.88 Å². The Morgan fingerprint density at radius 2 is 2.16 bits per heavy atom. The minimum absolute atomic E-state index is 0.372. The average molecular weight is 263 g/mol. The van der Waals surface area contributed by atoms with Gasteiger partial charge < -0.3 is 14.0 Å². The number of hydrogen-bond acceptors (Lipinski definition) is 6. The molecular weight excluding hydrogens is 246 g/mol. The summed E-state index contributed by atoms with van der Waals surface area (Å²) in [6.07, 6.45) is 2.39. The van der Waals surface area contributed by atoms with Gasteiger partial charge in [-0.3, -0.25) is 0 Å². The van der Waals surface area contributed by atoms with Gasteiger partial charge in [0, 0.05) is 13.3 Å². The number of methoxy groups -OCH3 is 2. The van der Waals surface area contributed by atoms with Crippen LogP contribution in [0.1, 0.15) is 26.1 Å². The van der Waals surface area contributed by atoms with Crippen molar-refractivity contribution in [2.45, 2.75) is 25.9 Å². The van der Waals surface area contributed by atoms with Crippen LogP contribution in [0, 0.1) is 0 Å². The van der Waals surface area contributed by atoms with Gasteiger partial charge in [0.2, 0.25) is 11.7 Å². The van der Waals surface area contributed by atoms with E-state index in [-0.39, 0.29) is 0 Å². The molecule has 0 N–H and O–H groups in total. The Balaban J connectivity index is 2.41. The summed E-state index contributed by atoms with van der Waals surface area (Å²) in [5.41, 5.74) is 0.107. The zero-order chi connectivity index (χ0) is 13.9. The monoisotopic (exact) mass is 263 g/mol. The molecule has 0 bridgehead atoms. The third-order valence-electron chi connectivity index (χ3n) is 3.22. The van der Waals surface area contributed by atoms with Gasteiger partial charge in [0.15, 0.2) is 0 Å². The lowest BCUT2D eigenvalue weighted by Crippen LogP contribution is -2.24. The first kappa shape index (κ1) is 13.5. The van der Waals surface area contributed by atoms with Crippen molar-refractivity contribution >= 4 is 0 Å². The molecule has 0 aliphatic rings. The zero-order valence-corrected chi connectivity index (χ0v) is 11.5. The van der Waals surface area contributed by atoms with Gasteiger partial charge in [-0.15, -0.1) is 0 Å². The highest BCUT2D eigenvalue weighted by atomic mass is 16.5. The fourth-order valence-corrected chi connectivity index (χ4v) is 1.66. The van der Waals surface area contributed by atoms with Gasteiger partial charge in [-0.2, -0.15) is 4.98 Å². The molecule has 1 unspecified atom stereocenters. The molecule has 0 aliphatic carbocycles. The molecule has 0 aromatic carbocycles. The van der Waals surface area contributed by atoms with Crippen molar-refractivity contribution in [2.75, 3.05) is 14.2 Å². The van der Waals surface area contributed by atoms with Crippen LogP contribution in [0.4, 0.5) is 0 Å². The van der Waals surface area contributed by atoms with Gasteiger partial charge in [0.25, 0.3) is 5.89 Å². The number of hydrogen-bond donors (Lipinski definition) is 0. The van der Waals surface area contributed by atoms with Crippen LogP contribution in [0.15, 0.2) is 22.9 Å². The van der Waals surface area contributed by atoms with E-state index in [1.165, 1.54) is 0 Å². The average Bonchev–Trinajstić information content (AvgIpc) is 2.96. The first-order valence-corrected chi connectivity index (χ1v) is 6.03. The summed E-state index contributed by atoms with van der Waals surface area (Å²) in [4.78, 5) is 8.48. The Hall–Kier alpha value is -1.95. The number of pyridine rings is 1. The van der Waals surface area contributed by atoms with Crippen molar-refractivity contribution < 1.29 is 14.0 Å². The summed E-state index contributed by atoms with van der Waals surface area (Å²) >= 11 is 0. The molecule has 0 saturated heterocycles. The van der Waals surface area contributed by atoms with Gasteiger partial charge in [-0.05, 0) is 25.5 Å². The molecule has 19 heavy (non-hydrogen) atoms. The molecule has 0 radical (unpaired) electrons. The van der Waals surface area contributed by atoms with Crippen molar-refractivity contribution in [1.82, 2.24) is 15.1 Å². The highest BCUT2D eigenvalue weighted by Crippen LogP contribution is 2.30. The number of aromatic nitrogens is 3. The van der Waals surface area contributed by atoms with Crippen LogP contribution >= 0.6 is 0 Å². The minimum Gasteiger partial charge on any atom is -0.480 e. The van der Waals surface area contributed by atoms with E-state index in [9.17, 15) is 0 Å². The van der Waals surface area contributed by atoms with Gasteiger partial charge in [0.1, 0.15) is 11.2 Å². The largest absolute Gasteiger partial charge is 0.480 e. The van der Waals surface area contributed by atoms with E-state index in [2.05, 4.69) is 15.1 Å². The predicted octanol–water partition coefficient (Wildman–Crippen LogP) is 2.41. The molecule has 0 spiro atoms. The van der Waals surface area contributed by atoms with Gasteiger partial charge in [0.05, 0.1) is 7.11 Å². The van der Waals surface area contributed by atoms with Crippen molar-refractivity contribution in [3.05, 3.63) is 24.2 Å². The summed E-state index contributed by atoms with van der Waals surface area (Å²) in [5.74, 6) is 1.34. The van der Waals surface area contributed by atoms with Crippen molar-refractivity contribution in [3.63, 3.8) is 0 Å². The molecule has 2 heterocycles. The maximum Gasteiger partial charge on any atom is 0.263 e. The second-order valence-corrected chi connectivity index (χ2v) is 4.27. The summed E-state index contributed by atoms with van der Waals surface area (Å²) < 4.78 is 15.9.